The Hall–Kier alpha value is -2.02. The van der Waals surface area contributed by atoms with E-state index in [0.29, 0.717) is 24.5 Å². The van der Waals surface area contributed by atoms with Gasteiger partial charge in [0.15, 0.2) is 11.3 Å². The molecule has 1 aliphatic heterocycles. The monoisotopic (exact) mass is 393 g/mol. The molecular formula is C19H20ClNO4S. The number of halogens is 1. The number of rotatable bonds is 4. The van der Waals surface area contributed by atoms with Gasteiger partial charge in [0.25, 0.3) is 0 Å². The normalized spacial score (nSPS) is 13.9. The summed E-state index contributed by atoms with van der Waals surface area (Å²) in [6, 6.07) is 11.7. The second kappa shape index (κ2) is 7.31. The molecule has 26 heavy (non-hydrogen) atoms. The van der Waals surface area contributed by atoms with Crippen LogP contribution in [0.2, 0.25) is 0 Å². The summed E-state index contributed by atoms with van der Waals surface area (Å²) in [6.07, 6.45) is 0.788. The minimum absolute atomic E-state index is 0. The van der Waals surface area contributed by atoms with Crippen molar-refractivity contribution in [1.29, 1.82) is 0 Å². The average molecular weight is 394 g/mol. The van der Waals surface area contributed by atoms with Gasteiger partial charge in [0.2, 0.25) is 9.84 Å². The topological polar surface area (TPSA) is 68.5 Å². The molecule has 0 amide bonds. The maximum atomic E-state index is 13.0. The first-order valence-electron chi connectivity index (χ1n) is 8.33. The third-order valence-corrected chi connectivity index (χ3v) is 6.16. The van der Waals surface area contributed by atoms with E-state index in [1.807, 2.05) is 6.92 Å². The van der Waals surface area contributed by atoms with Gasteiger partial charge in [0, 0.05) is 36.5 Å². The van der Waals surface area contributed by atoms with E-state index in [1.54, 1.807) is 42.5 Å². The lowest BCUT2D eigenvalue weighted by Gasteiger charge is -2.11. The zero-order chi connectivity index (χ0) is 17.4. The summed E-state index contributed by atoms with van der Waals surface area (Å²) in [6.45, 7) is 3.83. The molecule has 1 aliphatic rings. The van der Waals surface area contributed by atoms with Gasteiger partial charge in [-0.25, -0.2) is 8.42 Å². The van der Waals surface area contributed by atoms with Gasteiger partial charge < -0.3 is 14.5 Å². The van der Waals surface area contributed by atoms with Crippen LogP contribution in [0.1, 0.15) is 18.2 Å². The van der Waals surface area contributed by atoms with Crippen LogP contribution in [0.25, 0.3) is 11.0 Å². The van der Waals surface area contributed by atoms with Gasteiger partial charge in [-0.2, -0.15) is 0 Å². The maximum absolute atomic E-state index is 13.0. The summed E-state index contributed by atoms with van der Waals surface area (Å²) in [5.41, 5.74) is 1.65. The molecule has 0 unspecified atom stereocenters. The predicted molar refractivity (Wildman–Crippen MR) is 102 cm³/mol. The van der Waals surface area contributed by atoms with Gasteiger partial charge in [-0.05, 0) is 25.1 Å². The molecule has 2 aromatic carbocycles. The van der Waals surface area contributed by atoms with Crippen molar-refractivity contribution >= 4 is 33.2 Å². The van der Waals surface area contributed by atoms with Gasteiger partial charge >= 0.3 is 0 Å². The van der Waals surface area contributed by atoms with Crippen LogP contribution in [0.5, 0.6) is 5.75 Å². The molecule has 0 atom stereocenters. The molecule has 5 nitrogen and oxygen atoms in total. The number of ether oxygens (including phenoxy) is 1. The third-order valence-electron chi connectivity index (χ3n) is 4.41. The molecule has 7 heteroatoms. The maximum Gasteiger partial charge on any atom is 0.206 e. The number of furan rings is 1. The zero-order valence-electron chi connectivity index (χ0n) is 14.3. The highest BCUT2D eigenvalue weighted by Gasteiger charge is 2.25. The summed E-state index contributed by atoms with van der Waals surface area (Å²) < 4.78 is 37.7. The number of fused-ring (bicyclic) bond motifs is 3. The molecule has 0 bridgehead atoms. The number of hydrogen-bond acceptors (Lipinski definition) is 5. The second-order valence-electron chi connectivity index (χ2n) is 5.98. The van der Waals surface area contributed by atoms with Crippen molar-refractivity contribution in [3.8, 4) is 5.75 Å². The van der Waals surface area contributed by atoms with Crippen LogP contribution in [0.4, 0.5) is 0 Å². The lowest BCUT2D eigenvalue weighted by atomic mass is 10.1. The first-order chi connectivity index (χ1) is 12.1. The molecule has 3 aromatic rings. The smallest absolute Gasteiger partial charge is 0.206 e. The number of sulfone groups is 1. The van der Waals surface area contributed by atoms with Gasteiger partial charge in [-0.3, -0.25) is 0 Å². The molecule has 138 valence electrons. The van der Waals surface area contributed by atoms with E-state index in [0.717, 1.165) is 29.7 Å². The van der Waals surface area contributed by atoms with Crippen molar-refractivity contribution in [2.75, 3.05) is 13.2 Å². The van der Waals surface area contributed by atoms with E-state index < -0.39 is 9.84 Å². The van der Waals surface area contributed by atoms with Crippen molar-refractivity contribution in [2.45, 2.75) is 29.7 Å². The van der Waals surface area contributed by atoms with Crippen LogP contribution in [0, 0.1) is 0 Å². The zero-order valence-corrected chi connectivity index (χ0v) is 16.0. The molecule has 0 radical (unpaired) electrons. The highest BCUT2D eigenvalue weighted by Crippen LogP contribution is 2.38. The summed E-state index contributed by atoms with van der Waals surface area (Å²) in [7, 11) is -3.62. The highest BCUT2D eigenvalue weighted by atomic mass is 35.5. The van der Waals surface area contributed by atoms with Crippen LogP contribution >= 0.6 is 12.4 Å². The van der Waals surface area contributed by atoms with Crippen molar-refractivity contribution in [3.05, 3.63) is 53.8 Å². The summed E-state index contributed by atoms with van der Waals surface area (Å²) in [5, 5.41) is 4.12. The van der Waals surface area contributed by atoms with Crippen molar-refractivity contribution in [1.82, 2.24) is 5.32 Å². The highest BCUT2D eigenvalue weighted by molar-refractivity contribution is 7.91. The Kier molecular flexibility index (Phi) is 5.27. The van der Waals surface area contributed by atoms with Gasteiger partial charge in [0.05, 0.1) is 16.4 Å². The lowest BCUT2D eigenvalue weighted by molar-refractivity contribution is 0.336. The second-order valence-corrected chi connectivity index (χ2v) is 7.93. The quantitative estimate of drug-likeness (QED) is 0.731. The van der Waals surface area contributed by atoms with Gasteiger partial charge in [0.1, 0.15) is 5.76 Å². The molecular weight excluding hydrogens is 374 g/mol. The number of nitrogens with one attached hydrogen (secondary N) is 1. The summed E-state index contributed by atoms with van der Waals surface area (Å²) in [5.74, 6) is 1.38. The van der Waals surface area contributed by atoms with E-state index in [9.17, 15) is 8.42 Å². The van der Waals surface area contributed by atoms with E-state index in [2.05, 4.69) is 5.32 Å². The van der Waals surface area contributed by atoms with Crippen LogP contribution in [0.3, 0.4) is 0 Å². The Morgan fingerprint density at radius 1 is 1.15 bits per heavy atom. The van der Waals surface area contributed by atoms with Crippen molar-refractivity contribution in [2.24, 2.45) is 0 Å². The predicted octanol–water partition coefficient (Wildman–Crippen LogP) is 3.73. The fourth-order valence-electron chi connectivity index (χ4n) is 3.21. The molecule has 0 saturated carbocycles. The van der Waals surface area contributed by atoms with Crippen LogP contribution in [-0.4, -0.2) is 21.6 Å². The minimum Gasteiger partial charge on any atom is -0.490 e. The molecule has 2 heterocycles. The Morgan fingerprint density at radius 2 is 1.92 bits per heavy atom. The summed E-state index contributed by atoms with van der Waals surface area (Å²) >= 11 is 0. The molecule has 1 aromatic heterocycles. The average Bonchev–Trinajstić information content (AvgIpc) is 3.02. The SMILES string of the molecule is CCOc1cc(S(=O)(=O)c2ccccc2)cc2c3c(oc12)CCNC3.Cl. The third kappa shape index (κ3) is 3.09. The molecule has 0 aliphatic carbocycles. The van der Waals surface area contributed by atoms with E-state index in [4.69, 9.17) is 9.15 Å². The Morgan fingerprint density at radius 3 is 2.65 bits per heavy atom. The molecule has 0 fully saturated rings. The van der Waals surface area contributed by atoms with E-state index in [1.165, 1.54) is 0 Å². The standard InChI is InChI=1S/C19H19NO4S.ClH/c1-2-23-18-11-14(25(21,22)13-6-4-3-5-7-13)10-15-16-12-20-9-8-17(16)24-19(15)18;/h3-7,10-11,20H,2,8-9,12H2,1H3;1H. The Labute approximate surface area is 158 Å². The van der Waals surface area contributed by atoms with Crippen molar-refractivity contribution < 1.29 is 17.6 Å². The summed E-state index contributed by atoms with van der Waals surface area (Å²) in [4.78, 5) is 0.496. The Balaban J connectivity index is 0.00000196. The minimum atomic E-state index is -3.62. The number of hydrogen-bond donors (Lipinski definition) is 1. The molecule has 4 rings (SSSR count). The molecule has 0 saturated heterocycles. The largest absolute Gasteiger partial charge is 0.490 e. The first kappa shape index (κ1) is 18.8. The van der Waals surface area contributed by atoms with E-state index >= 15 is 0 Å². The van der Waals surface area contributed by atoms with Gasteiger partial charge in [-0.15, -0.1) is 12.4 Å². The van der Waals surface area contributed by atoms with Gasteiger partial charge in [-0.1, -0.05) is 18.2 Å². The van der Waals surface area contributed by atoms with Crippen LogP contribution < -0.4 is 10.1 Å². The number of benzene rings is 2. The fourth-order valence-corrected chi connectivity index (χ4v) is 4.53. The van der Waals surface area contributed by atoms with Crippen LogP contribution in [-0.2, 0) is 22.8 Å². The Bertz CT molecular complexity index is 1030. The molecule has 0 spiro atoms. The first-order valence-corrected chi connectivity index (χ1v) is 9.81. The fraction of sp³-hybridized carbons (Fsp3) is 0.263. The van der Waals surface area contributed by atoms with Crippen LogP contribution in [0.15, 0.2) is 56.7 Å². The van der Waals surface area contributed by atoms with Crippen molar-refractivity contribution in [3.63, 3.8) is 0 Å². The lowest BCUT2D eigenvalue weighted by Crippen LogP contribution is -2.22. The molecule has 1 N–H and O–H groups in total. The van der Waals surface area contributed by atoms with E-state index in [-0.39, 0.29) is 22.2 Å².